The number of anilines is 2. The molecule has 2 amide bonds. The zero-order chi connectivity index (χ0) is 18.6. The monoisotopic (exact) mass is 404 g/mol. The fourth-order valence-corrected chi connectivity index (χ4v) is 3.41. The van der Waals surface area contributed by atoms with Crippen LogP contribution in [-0.4, -0.2) is 45.1 Å². The van der Waals surface area contributed by atoms with E-state index in [0.29, 0.717) is 11.7 Å². The standard InChI is InChI=1S/C16H24N4O4S.ClH/c1-10-8-13(6-7-17-10)19-16(22)14-9-12(18-11(2)21)4-5-15(14)20-25(3,23)24;/h4-5,9-10,13,17,20H,6-8H2,1-3H3,(H,18,21)(H,19,22);1H. The van der Waals surface area contributed by atoms with Crippen LogP contribution < -0.4 is 20.7 Å². The number of sulfonamides is 1. The molecule has 0 saturated carbocycles. The van der Waals surface area contributed by atoms with E-state index in [1.807, 2.05) is 6.92 Å². The first-order valence-electron chi connectivity index (χ1n) is 8.07. The molecule has 8 nitrogen and oxygen atoms in total. The Balaban J connectivity index is 0.00000338. The van der Waals surface area contributed by atoms with E-state index in [9.17, 15) is 18.0 Å². The molecule has 2 unspecified atom stereocenters. The number of amides is 2. The molecule has 1 aliphatic rings. The molecule has 1 aliphatic heterocycles. The van der Waals surface area contributed by atoms with Crippen molar-refractivity contribution in [3.05, 3.63) is 23.8 Å². The molecule has 146 valence electrons. The summed E-state index contributed by atoms with van der Waals surface area (Å²) in [6.07, 6.45) is 2.62. The Morgan fingerprint density at radius 1 is 1.27 bits per heavy atom. The number of benzene rings is 1. The second-order valence-corrected chi connectivity index (χ2v) is 8.11. The van der Waals surface area contributed by atoms with Crippen LogP contribution in [0, 0.1) is 0 Å². The number of carbonyl (C=O) groups is 2. The van der Waals surface area contributed by atoms with Crippen LogP contribution in [0.5, 0.6) is 0 Å². The minimum absolute atomic E-state index is 0. The van der Waals surface area contributed by atoms with Crippen LogP contribution in [0.2, 0.25) is 0 Å². The van der Waals surface area contributed by atoms with Crippen molar-refractivity contribution in [2.75, 3.05) is 22.8 Å². The van der Waals surface area contributed by atoms with Crippen molar-refractivity contribution in [3.8, 4) is 0 Å². The average Bonchev–Trinajstić information content (AvgIpc) is 2.46. The van der Waals surface area contributed by atoms with E-state index < -0.39 is 10.0 Å². The van der Waals surface area contributed by atoms with E-state index >= 15 is 0 Å². The minimum Gasteiger partial charge on any atom is -0.349 e. The fourth-order valence-electron chi connectivity index (χ4n) is 2.83. The number of nitrogens with one attached hydrogen (secondary N) is 4. The molecule has 1 aromatic carbocycles. The fraction of sp³-hybridized carbons (Fsp3) is 0.500. The van der Waals surface area contributed by atoms with Gasteiger partial charge >= 0.3 is 0 Å². The molecular weight excluding hydrogens is 380 g/mol. The van der Waals surface area contributed by atoms with Gasteiger partial charge in [-0.05, 0) is 44.5 Å². The normalized spacial score (nSPS) is 19.8. The smallest absolute Gasteiger partial charge is 0.253 e. The highest BCUT2D eigenvalue weighted by Gasteiger charge is 2.22. The SMILES string of the molecule is CC(=O)Nc1ccc(NS(C)(=O)=O)c(C(=O)NC2CCNC(C)C2)c1.Cl. The third-order valence-electron chi connectivity index (χ3n) is 3.84. The number of carbonyl (C=O) groups excluding carboxylic acids is 2. The first-order chi connectivity index (χ1) is 11.6. The zero-order valence-corrected chi connectivity index (χ0v) is 16.6. The Morgan fingerprint density at radius 2 is 1.96 bits per heavy atom. The number of hydrogen-bond donors (Lipinski definition) is 4. The van der Waals surface area contributed by atoms with Gasteiger partial charge < -0.3 is 16.0 Å². The molecule has 2 atom stereocenters. The summed E-state index contributed by atoms with van der Waals surface area (Å²) in [5.41, 5.74) is 0.773. The first-order valence-corrected chi connectivity index (χ1v) is 9.97. The molecule has 0 aliphatic carbocycles. The van der Waals surface area contributed by atoms with Gasteiger partial charge in [0.15, 0.2) is 0 Å². The predicted octanol–water partition coefficient (Wildman–Crippen LogP) is 1.31. The van der Waals surface area contributed by atoms with Gasteiger partial charge in [0.25, 0.3) is 5.91 Å². The molecule has 0 radical (unpaired) electrons. The summed E-state index contributed by atoms with van der Waals surface area (Å²) in [5, 5.41) is 8.85. The molecule has 2 rings (SSSR count). The summed E-state index contributed by atoms with van der Waals surface area (Å²) >= 11 is 0. The minimum atomic E-state index is -3.54. The van der Waals surface area contributed by atoms with Crippen LogP contribution in [0.15, 0.2) is 18.2 Å². The van der Waals surface area contributed by atoms with Gasteiger partial charge in [0.2, 0.25) is 15.9 Å². The quantitative estimate of drug-likeness (QED) is 0.590. The summed E-state index contributed by atoms with van der Waals surface area (Å²) < 4.78 is 25.4. The van der Waals surface area contributed by atoms with Gasteiger partial charge in [-0.15, -0.1) is 12.4 Å². The molecule has 1 aromatic rings. The molecule has 1 heterocycles. The van der Waals surface area contributed by atoms with Crippen molar-refractivity contribution in [1.82, 2.24) is 10.6 Å². The maximum absolute atomic E-state index is 12.7. The largest absolute Gasteiger partial charge is 0.349 e. The first kappa shape index (κ1) is 22.2. The maximum Gasteiger partial charge on any atom is 0.253 e. The van der Waals surface area contributed by atoms with Crippen molar-refractivity contribution in [2.24, 2.45) is 0 Å². The summed E-state index contributed by atoms with van der Waals surface area (Å²) in [4.78, 5) is 23.9. The Morgan fingerprint density at radius 3 is 2.54 bits per heavy atom. The lowest BCUT2D eigenvalue weighted by molar-refractivity contribution is -0.114. The number of rotatable bonds is 5. The highest BCUT2D eigenvalue weighted by atomic mass is 35.5. The van der Waals surface area contributed by atoms with Crippen LogP contribution in [-0.2, 0) is 14.8 Å². The lowest BCUT2D eigenvalue weighted by atomic mass is 10.00. The Labute approximate surface area is 160 Å². The molecule has 0 aromatic heterocycles. The molecule has 10 heteroatoms. The van der Waals surface area contributed by atoms with Gasteiger partial charge in [-0.25, -0.2) is 8.42 Å². The lowest BCUT2D eigenvalue weighted by Crippen LogP contribution is -2.46. The van der Waals surface area contributed by atoms with Crippen LogP contribution in [0.1, 0.15) is 37.0 Å². The van der Waals surface area contributed by atoms with Crippen molar-refractivity contribution in [1.29, 1.82) is 0 Å². The second kappa shape index (κ2) is 9.20. The predicted molar refractivity (Wildman–Crippen MR) is 104 cm³/mol. The van der Waals surface area contributed by atoms with E-state index in [1.54, 1.807) is 0 Å². The van der Waals surface area contributed by atoms with E-state index in [4.69, 9.17) is 0 Å². The van der Waals surface area contributed by atoms with Gasteiger partial charge in [-0.3, -0.25) is 14.3 Å². The van der Waals surface area contributed by atoms with Crippen molar-refractivity contribution >= 4 is 45.6 Å². The number of hydrogen-bond acceptors (Lipinski definition) is 5. The average molecular weight is 405 g/mol. The Bertz CT molecular complexity index is 770. The Kier molecular flexibility index (Phi) is 7.86. The van der Waals surface area contributed by atoms with Crippen molar-refractivity contribution < 1.29 is 18.0 Å². The molecule has 26 heavy (non-hydrogen) atoms. The summed E-state index contributed by atoms with van der Waals surface area (Å²) in [5.74, 6) is -0.653. The van der Waals surface area contributed by atoms with Crippen molar-refractivity contribution in [3.63, 3.8) is 0 Å². The molecule has 0 spiro atoms. The second-order valence-electron chi connectivity index (χ2n) is 6.37. The molecule has 4 N–H and O–H groups in total. The summed E-state index contributed by atoms with van der Waals surface area (Å²) in [6, 6.07) is 4.79. The van der Waals surface area contributed by atoms with Crippen LogP contribution in [0.4, 0.5) is 11.4 Å². The zero-order valence-electron chi connectivity index (χ0n) is 15.0. The number of piperidine rings is 1. The lowest BCUT2D eigenvalue weighted by Gasteiger charge is -2.29. The van der Waals surface area contributed by atoms with Gasteiger partial charge in [-0.1, -0.05) is 0 Å². The van der Waals surface area contributed by atoms with Crippen LogP contribution >= 0.6 is 12.4 Å². The van der Waals surface area contributed by atoms with E-state index in [2.05, 4.69) is 20.7 Å². The van der Waals surface area contributed by atoms with Crippen molar-refractivity contribution in [2.45, 2.75) is 38.8 Å². The van der Waals surface area contributed by atoms with Gasteiger partial charge in [-0.2, -0.15) is 0 Å². The van der Waals surface area contributed by atoms with E-state index in [-0.39, 0.29) is 41.5 Å². The molecule has 1 saturated heterocycles. The third-order valence-corrected chi connectivity index (χ3v) is 4.43. The van der Waals surface area contributed by atoms with Crippen LogP contribution in [0.25, 0.3) is 0 Å². The van der Waals surface area contributed by atoms with Gasteiger partial charge in [0.05, 0.1) is 17.5 Å². The van der Waals surface area contributed by atoms with Gasteiger partial charge in [0, 0.05) is 24.7 Å². The molecule has 0 bridgehead atoms. The number of halogens is 1. The topological polar surface area (TPSA) is 116 Å². The summed E-state index contributed by atoms with van der Waals surface area (Å²) in [6.45, 7) is 4.22. The Hall–Kier alpha value is -1.84. The van der Waals surface area contributed by atoms with Gasteiger partial charge in [0.1, 0.15) is 0 Å². The highest BCUT2D eigenvalue weighted by Crippen LogP contribution is 2.22. The summed E-state index contributed by atoms with van der Waals surface area (Å²) in [7, 11) is -3.54. The third kappa shape index (κ3) is 6.81. The molecular formula is C16H25ClN4O4S. The highest BCUT2D eigenvalue weighted by molar-refractivity contribution is 7.92. The van der Waals surface area contributed by atoms with E-state index in [0.717, 1.165) is 25.6 Å². The molecule has 1 fully saturated rings. The van der Waals surface area contributed by atoms with Crippen LogP contribution in [0.3, 0.4) is 0 Å². The van der Waals surface area contributed by atoms with E-state index in [1.165, 1.54) is 25.1 Å². The maximum atomic E-state index is 12.7.